The molecule has 2 amide bonds. The highest BCUT2D eigenvalue weighted by Gasteiger charge is 2.37. The van der Waals surface area contributed by atoms with Gasteiger partial charge in [-0.2, -0.15) is 0 Å². The van der Waals surface area contributed by atoms with Gasteiger partial charge in [0.1, 0.15) is 6.04 Å². The third kappa shape index (κ3) is 5.16. The molecule has 4 rings (SSSR count). The fourth-order valence-electron chi connectivity index (χ4n) is 4.63. The Morgan fingerprint density at radius 1 is 1.00 bits per heavy atom. The Morgan fingerprint density at radius 3 is 2.45 bits per heavy atom. The number of carbonyl (C=O) groups excluding carboxylic acids is 2. The summed E-state index contributed by atoms with van der Waals surface area (Å²) >= 11 is 0. The van der Waals surface area contributed by atoms with Crippen LogP contribution in [0, 0.1) is 12.8 Å². The van der Waals surface area contributed by atoms with Gasteiger partial charge in [-0.25, -0.2) is 0 Å². The SMILES string of the molecule is Cc1ccc(CNC(=O)CN2CCc3ccccc3[C@@H]2C(=O)N2CCC(C)CC2)cc1. The van der Waals surface area contributed by atoms with Gasteiger partial charge in [0.05, 0.1) is 6.54 Å². The smallest absolute Gasteiger partial charge is 0.244 e. The fraction of sp³-hybridized carbons (Fsp3) is 0.462. The number of likely N-dealkylation sites (tertiary alicyclic amines) is 1. The van der Waals surface area contributed by atoms with E-state index in [1.807, 2.05) is 29.2 Å². The summed E-state index contributed by atoms with van der Waals surface area (Å²) in [5, 5.41) is 3.03. The molecule has 0 spiro atoms. The summed E-state index contributed by atoms with van der Waals surface area (Å²) in [4.78, 5) is 30.4. The maximum atomic E-state index is 13.6. The molecule has 1 atom stereocenters. The summed E-state index contributed by atoms with van der Waals surface area (Å²) in [6.45, 7) is 7.39. The van der Waals surface area contributed by atoms with Crippen LogP contribution in [0.3, 0.4) is 0 Å². The standard InChI is InChI=1S/C26H33N3O2/c1-19-7-9-21(10-8-19)17-27-24(30)18-29-16-13-22-5-3-4-6-23(22)25(29)26(31)28-14-11-20(2)12-15-28/h3-10,20,25H,11-18H2,1-2H3,(H,27,30)/t25-/m1/s1. The van der Waals surface area contributed by atoms with Crippen LogP contribution in [-0.2, 0) is 22.6 Å². The third-order valence-electron chi connectivity index (χ3n) is 6.67. The number of rotatable bonds is 5. The van der Waals surface area contributed by atoms with Gasteiger partial charge >= 0.3 is 0 Å². The number of benzene rings is 2. The second-order valence-corrected chi connectivity index (χ2v) is 9.09. The molecule has 2 aromatic carbocycles. The first-order valence-corrected chi connectivity index (χ1v) is 11.4. The Kier molecular flexibility index (Phi) is 6.71. The maximum Gasteiger partial charge on any atom is 0.244 e. The van der Waals surface area contributed by atoms with Gasteiger partial charge in [-0.1, -0.05) is 61.0 Å². The summed E-state index contributed by atoms with van der Waals surface area (Å²) in [7, 11) is 0. The van der Waals surface area contributed by atoms with Gasteiger partial charge in [-0.15, -0.1) is 0 Å². The van der Waals surface area contributed by atoms with Gasteiger partial charge in [0.2, 0.25) is 11.8 Å². The van der Waals surface area contributed by atoms with E-state index in [0.717, 1.165) is 50.0 Å². The van der Waals surface area contributed by atoms with Gasteiger partial charge in [-0.3, -0.25) is 14.5 Å². The van der Waals surface area contributed by atoms with Crippen molar-refractivity contribution in [2.75, 3.05) is 26.2 Å². The minimum Gasteiger partial charge on any atom is -0.351 e. The Bertz CT molecular complexity index is 917. The molecule has 0 aromatic heterocycles. The zero-order chi connectivity index (χ0) is 21.8. The van der Waals surface area contributed by atoms with Crippen molar-refractivity contribution in [2.24, 2.45) is 5.92 Å². The Morgan fingerprint density at radius 2 is 1.71 bits per heavy atom. The normalized spacial score (nSPS) is 19.7. The summed E-state index contributed by atoms with van der Waals surface area (Å²) in [6.07, 6.45) is 2.97. The highest BCUT2D eigenvalue weighted by molar-refractivity contribution is 5.85. The van der Waals surface area contributed by atoms with Crippen molar-refractivity contribution in [3.05, 3.63) is 70.8 Å². The van der Waals surface area contributed by atoms with Crippen LogP contribution in [0.2, 0.25) is 0 Å². The Hall–Kier alpha value is -2.66. The molecule has 31 heavy (non-hydrogen) atoms. The van der Waals surface area contributed by atoms with E-state index in [9.17, 15) is 9.59 Å². The largest absolute Gasteiger partial charge is 0.351 e. The molecule has 5 heteroatoms. The fourth-order valence-corrected chi connectivity index (χ4v) is 4.63. The molecular formula is C26H33N3O2. The van der Waals surface area contributed by atoms with E-state index >= 15 is 0 Å². The molecule has 2 aliphatic rings. The molecule has 1 saturated heterocycles. The van der Waals surface area contributed by atoms with Gasteiger partial charge in [-0.05, 0) is 48.8 Å². The van der Waals surface area contributed by atoms with E-state index in [1.165, 1.54) is 11.1 Å². The van der Waals surface area contributed by atoms with Gasteiger partial charge < -0.3 is 10.2 Å². The lowest BCUT2D eigenvalue weighted by Gasteiger charge is -2.40. The molecule has 0 radical (unpaired) electrons. The van der Waals surface area contributed by atoms with Crippen molar-refractivity contribution in [3.63, 3.8) is 0 Å². The van der Waals surface area contributed by atoms with Gasteiger partial charge in [0, 0.05) is 26.2 Å². The molecule has 1 N–H and O–H groups in total. The highest BCUT2D eigenvalue weighted by Crippen LogP contribution is 2.32. The lowest BCUT2D eigenvalue weighted by molar-refractivity contribution is -0.140. The average Bonchev–Trinajstić information content (AvgIpc) is 2.78. The van der Waals surface area contributed by atoms with Crippen molar-refractivity contribution in [1.29, 1.82) is 0 Å². The lowest BCUT2D eigenvalue weighted by Crippen LogP contribution is -2.50. The molecule has 1 fully saturated rings. The van der Waals surface area contributed by atoms with Crippen LogP contribution < -0.4 is 5.32 Å². The van der Waals surface area contributed by atoms with Crippen molar-refractivity contribution in [3.8, 4) is 0 Å². The minimum absolute atomic E-state index is 0.0370. The lowest BCUT2D eigenvalue weighted by atomic mass is 9.90. The molecule has 2 aromatic rings. The number of fused-ring (bicyclic) bond motifs is 1. The first-order valence-electron chi connectivity index (χ1n) is 11.4. The topological polar surface area (TPSA) is 52.7 Å². The third-order valence-corrected chi connectivity index (χ3v) is 6.67. The summed E-state index contributed by atoms with van der Waals surface area (Å²) < 4.78 is 0. The van der Waals surface area contributed by atoms with Crippen molar-refractivity contribution in [2.45, 2.75) is 45.7 Å². The average molecular weight is 420 g/mol. The summed E-state index contributed by atoms with van der Waals surface area (Å²) in [5.74, 6) is 0.779. The zero-order valence-electron chi connectivity index (χ0n) is 18.6. The number of piperidine rings is 1. The van der Waals surface area contributed by atoms with Crippen LogP contribution in [0.4, 0.5) is 0 Å². The van der Waals surface area contributed by atoms with E-state index in [4.69, 9.17) is 0 Å². The number of aryl methyl sites for hydroxylation is 1. The van der Waals surface area contributed by atoms with Crippen LogP contribution in [0.15, 0.2) is 48.5 Å². The van der Waals surface area contributed by atoms with Crippen LogP contribution in [0.1, 0.15) is 48.1 Å². The molecule has 2 heterocycles. The monoisotopic (exact) mass is 419 g/mol. The van der Waals surface area contributed by atoms with E-state index in [2.05, 4.69) is 48.3 Å². The maximum absolute atomic E-state index is 13.6. The predicted molar refractivity (Wildman–Crippen MR) is 122 cm³/mol. The number of hydrogen-bond donors (Lipinski definition) is 1. The summed E-state index contributed by atoms with van der Waals surface area (Å²) in [6, 6.07) is 16.0. The van der Waals surface area contributed by atoms with Crippen LogP contribution >= 0.6 is 0 Å². The molecule has 5 nitrogen and oxygen atoms in total. The first-order chi connectivity index (χ1) is 15.0. The molecule has 0 bridgehead atoms. The van der Waals surface area contributed by atoms with E-state index in [1.54, 1.807) is 0 Å². The molecule has 0 unspecified atom stereocenters. The number of hydrogen-bond acceptors (Lipinski definition) is 3. The Balaban J connectivity index is 1.46. The van der Waals surface area contributed by atoms with Gasteiger partial charge in [0.15, 0.2) is 0 Å². The molecule has 164 valence electrons. The summed E-state index contributed by atoms with van der Waals surface area (Å²) in [5.41, 5.74) is 4.57. The van der Waals surface area contributed by atoms with E-state index in [-0.39, 0.29) is 24.4 Å². The van der Waals surface area contributed by atoms with Crippen molar-refractivity contribution >= 4 is 11.8 Å². The van der Waals surface area contributed by atoms with Crippen LogP contribution in [0.5, 0.6) is 0 Å². The van der Waals surface area contributed by atoms with Crippen molar-refractivity contribution < 1.29 is 9.59 Å². The van der Waals surface area contributed by atoms with Crippen LogP contribution in [-0.4, -0.2) is 47.8 Å². The minimum atomic E-state index is -0.372. The Labute approximate surface area is 185 Å². The molecular weight excluding hydrogens is 386 g/mol. The van der Waals surface area contributed by atoms with E-state index in [0.29, 0.717) is 12.5 Å². The van der Waals surface area contributed by atoms with Crippen molar-refractivity contribution in [1.82, 2.24) is 15.1 Å². The quantitative estimate of drug-likeness (QED) is 0.807. The van der Waals surface area contributed by atoms with E-state index < -0.39 is 0 Å². The molecule has 0 saturated carbocycles. The molecule has 0 aliphatic carbocycles. The number of carbonyl (C=O) groups is 2. The predicted octanol–water partition coefficient (Wildman–Crippen LogP) is 3.47. The molecule has 2 aliphatic heterocycles. The second-order valence-electron chi connectivity index (χ2n) is 9.09. The van der Waals surface area contributed by atoms with Gasteiger partial charge in [0.25, 0.3) is 0 Å². The number of nitrogens with one attached hydrogen (secondary N) is 1. The highest BCUT2D eigenvalue weighted by atomic mass is 16.2. The second kappa shape index (κ2) is 9.65. The number of nitrogens with zero attached hydrogens (tertiary/aromatic N) is 2. The first kappa shape index (κ1) is 21.6. The zero-order valence-corrected chi connectivity index (χ0v) is 18.6. The van der Waals surface area contributed by atoms with Crippen LogP contribution in [0.25, 0.3) is 0 Å². The number of amides is 2.